The van der Waals surface area contributed by atoms with Crippen LogP contribution in [0.25, 0.3) is 0 Å². The second kappa shape index (κ2) is 4.86. The van der Waals surface area contributed by atoms with E-state index in [-0.39, 0.29) is 6.79 Å². The standard InChI is InChI=1S/C11H16O3/c1-8-5-9(2)11(13-4)10(6-8)14-7-12-3/h5-6H,7H2,1-4H3. The van der Waals surface area contributed by atoms with Crippen LogP contribution in [0.1, 0.15) is 11.1 Å². The molecule has 0 unspecified atom stereocenters. The molecule has 0 bridgehead atoms. The van der Waals surface area contributed by atoms with Crippen molar-refractivity contribution in [3.63, 3.8) is 0 Å². The highest BCUT2D eigenvalue weighted by molar-refractivity contribution is 5.48. The lowest BCUT2D eigenvalue weighted by Gasteiger charge is -2.12. The first-order valence-electron chi connectivity index (χ1n) is 4.46. The van der Waals surface area contributed by atoms with Gasteiger partial charge in [-0.2, -0.15) is 0 Å². The first-order chi connectivity index (χ1) is 6.69. The SMILES string of the molecule is COCOc1cc(C)cc(C)c1OC. The number of aryl methyl sites for hydroxylation is 2. The molecule has 1 aromatic rings. The fourth-order valence-electron chi connectivity index (χ4n) is 1.41. The van der Waals surface area contributed by atoms with Gasteiger partial charge in [0.05, 0.1) is 7.11 Å². The quantitative estimate of drug-likeness (QED) is 0.691. The lowest BCUT2D eigenvalue weighted by atomic mass is 10.1. The van der Waals surface area contributed by atoms with Gasteiger partial charge in [0.1, 0.15) is 0 Å². The maximum atomic E-state index is 5.39. The number of methoxy groups -OCH3 is 2. The molecule has 1 aromatic carbocycles. The molecule has 3 nitrogen and oxygen atoms in total. The Bertz CT molecular complexity index is 308. The molecule has 14 heavy (non-hydrogen) atoms. The second-order valence-corrected chi connectivity index (χ2v) is 3.16. The Kier molecular flexibility index (Phi) is 3.77. The minimum atomic E-state index is 0.235. The van der Waals surface area contributed by atoms with E-state index in [2.05, 4.69) is 6.07 Å². The van der Waals surface area contributed by atoms with Crippen LogP contribution in [0.4, 0.5) is 0 Å². The van der Waals surface area contributed by atoms with Gasteiger partial charge in [0.25, 0.3) is 0 Å². The fraction of sp³-hybridized carbons (Fsp3) is 0.455. The molecule has 0 N–H and O–H groups in total. The molecule has 0 amide bonds. The molecule has 0 aliphatic carbocycles. The van der Waals surface area contributed by atoms with Crippen LogP contribution in [0.2, 0.25) is 0 Å². The lowest BCUT2D eigenvalue weighted by Crippen LogP contribution is -2.02. The van der Waals surface area contributed by atoms with E-state index in [4.69, 9.17) is 14.2 Å². The predicted molar refractivity (Wildman–Crippen MR) is 55.0 cm³/mol. The van der Waals surface area contributed by atoms with Crippen LogP contribution in [0.3, 0.4) is 0 Å². The van der Waals surface area contributed by atoms with Crippen LogP contribution in [0.15, 0.2) is 12.1 Å². The second-order valence-electron chi connectivity index (χ2n) is 3.16. The smallest absolute Gasteiger partial charge is 0.188 e. The summed E-state index contributed by atoms with van der Waals surface area (Å²) in [4.78, 5) is 0. The minimum absolute atomic E-state index is 0.235. The maximum absolute atomic E-state index is 5.39. The first-order valence-corrected chi connectivity index (χ1v) is 4.46. The van der Waals surface area contributed by atoms with Gasteiger partial charge in [-0.05, 0) is 31.0 Å². The molecule has 0 heterocycles. The van der Waals surface area contributed by atoms with Crippen molar-refractivity contribution in [2.45, 2.75) is 13.8 Å². The van der Waals surface area contributed by atoms with Crippen molar-refractivity contribution >= 4 is 0 Å². The number of hydrogen-bond acceptors (Lipinski definition) is 3. The normalized spacial score (nSPS) is 10.0. The van der Waals surface area contributed by atoms with Crippen LogP contribution in [-0.2, 0) is 4.74 Å². The summed E-state index contributed by atoms with van der Waals surface area (Å²) < 4.78 is 15.5. The van der Waals surface area contributed by atoms with E-state index in [1.807, 2.05) is 19.9 Å². The van der Waals surface area contributed by atoms with Gasteiger partial charge in [-0.1, -0.05) is 6.07 Å². The maximum Gasteiger partial charge on any atom is 0.188 e. The summed E-state index contributed by atoms with van der Waals surface area (Å²) in [7, 11) is 3.23. The summed E-state index contributed by atoms with van der Waals surface area (Å²) in [5, 5.41) is 0. The van der Waals surface area contributed by atoms with Gasteiger partial charge in [-0.3, -0.25) is 0 Å². The molecule has 0 atom stereocenters. The average molecular weight is 196 g/mol. The van der Waals surface area contributed by atoms with Crippen molar-refractivity contribution in [1.29, 1.82) is 0 Å². The van der Waals surface area contributed by atoms with E-state index in [9.17, 15) is 0 Å². The number of ether oxygens (including phenoxy) is 3. The number of benzene rings is 1. The van der Waals surface area contributed by atoms with E-state index < -0.39 is 0 Å². The summed E-state index contributed by atoms with van der Waals surface area (Å²) in [5.74, 6) is 1.50. The minimum Gasteiger partial charge on any atom is -0.493 e. The third-order valence-corrected chi connectivity index (χ3v) is 1.92. The van der Waals surface area contributed by atoms with Gasteiger partial charge < -0.3 is 14.2 Å². The third kappa shape index (κ3) is 2.39. The van der Waals surface area contributed by atoms with Gasteiger partial charge in [0, 0.05) is 7.11 Å². The fourth-order valence-corrected chi connectivity index (χ4v) is 1.41. The molecule has 0 aromatic heterocycles. The van der Waals surface area contributed by atoms with Crippen LogP contribution >= 0.6 is 0 Å². The summed E-state index contributed by atoms with van der Waals surface area (Å²) in [6, 6.07) is 3.99. The van der Waals surface area contributed by atoms with Crippen LogP contribution in [0.5, 0.6) is 11.5 Å². The predicted octanol–water partition coefficient (Wildman–Crippen LogP) is 2.29. The molecule has 0 spiro atoms. The van der Waals surface area contributed by atoms with Crippen molar-refractivity contribution < 1.29 is 14.2 Å². The number of rotatable bonds is 4. The molecular weight excluding hydrogens is 180 g/mol. The van der Waals surface area contributed by atoms with Crippen LogP contribution < -0.4 is 9.47 Å². The first kappa shape index (κ1) is 10.9. The molecule has 78 valence electrons. The van der Waals surface area contributed by atoms with Gasteiger partial charge in [-0.25, -0.2) is 0 Å². The molecular formula is C11H16O3. The topological polar surface area (TPSA) is 27.7 Å². The van der Waals surface area contributed by atoms with Gasteiger partial charge >= 0.3 is 0 Å². The van der Waals surface area contributed by atoms with Crippen molar-refractivity contribution in [2.75, 3.05) is 21.0 Å². The van der Waals surface area contributed by atoms with Crippen molar-refractivity contribution in [3.05, 3.63) is 23.3 Å². The number of hydrogen-bond donors (Lipinski definition) is 0. The highest BCUT2D eigenvalue weighted by Gasteiger charge is 2.08. The van der Waals surface area contributed by atoms with Crippen molar-refractivity contribution in [2.24, 2.45) is 0 Å². The Morgan fingerprint density at radius 1 is 1.14 bits per heavy atom. The Hall–Kier alpha value is -1.22. The van der Waals surface area contributed by atoms with Crippen molar-refractivity contribution in [3.8, 4) is 11.5 Å². The van der Waals surface area contributed by atoms with E-state index in [1.54, 1.807) is 14.2 Å². The molecule has 0 aliphatic rings. The molecule has 0 fully saturated rings. The molecule has 0 saturated carbocycles. The van der Waals surface area contributed by atoms with Crippen LogP contribution in [-0.4, -0.2) is 21.0 Å². The van der Waals surface area contributed by atoms with E-state index in [1.165, 1.54) is 0 Å². The zero-order chi connectivity index (χ0) is 10.6. The van der Waals surface area contributed by atoms with Gasteiger partial charge in [0.15, 0.2) is 18.3 Å². The molecule has 0 saturated heterocycles. The zero-order valence-electron chi connectivity index (χ0n) is 9.09. The zero-order valence-corrected chi connectivity index (χ0v) is 9.09. The highest BCUT2D eigenvalue weighted by Crippen LogP contribution is 2.31. The van der Waals surface area contributed by atoms with Crippen LogP contribution in [0, 0.1) is 13.8 Å². The van der Waals surface area contributed by atoms with Crippen molar-refractivity contribution in [1.82, 2.24) is 0 Å². The third-order valence-electron chi connectivity index (χ3n) is 1.92. The Balaban J connectivity index is 2.99. The molecule has 1 rings (SSSR count). The lowest BCUT2D eigenvalue weighted by molar-refractivity contribution is 0.0490. The molecule has 0 aliphatic heterocycles. The van der Waals surface area contributed by atoms with E-state index in [0.29, 0.717) is 0 Å². The summed E-state index contributed by atoms with van der Waals surface area (Å²) in [6.07, 6.45) is 0. The Morgan fingerprint density at radius 2 is 1.86 bits per heavy atom. The Labute approximate surface area is 84.6 Å². The molecule has 3 heteroatoms. The summed E-state index contributed by atoms with van der Waals surface area (Å²) in [5.41, 5.74) is 2.22. The highest BCUT2D eigenvalue weighted by atomic mass is 16.7. The molecule has 0 radical (unpaired) electrons. The monoisotopic (exact) mass is 196 g/mol. The summed E-state index contributed by atoms with van der Waals surface area (Å²) in [6.45, 7) is 4.25. The average Bonchev–Trinajstić information content (AvgIpc) is 2.14. The van der Waals surface area contributed by atoms with Gasteiger partial charge in [0.2, 0.25) is 0 Å². The largest absolute Gasteiger partial charge is 0.493 e. The Morgan fingerprint density at radius 3 is 2.43 bits per heavy atom. The van der Waals surface area contributed by atoms with E-state index in [0.717, 1.165) is 22.6 Å². The summed E-state index contributed by atoms with van der Waals surface area (Å²) >= 11 is 0. The van der Waals surface area contributed by atoms with E-state index >= 15 is 0 Å². The van der Waals surface area contributed by atoms with Gasteiger partial charge in [-0.15, -0.1) is 0 Å².